The van der Waals surface area contributed by atoms with Gasteiger partial charge < -0.3 is 9.31 Å². The quantitative estimate of drug-likeness (QED) is 0.572. The Hall–Kier alpha value is -0.785. The number of halogens is 1. The highest BCUT2D eigenvalue weighted by atomic mass is 19.1. The summed E-state index contributed by atoms with van der Waals surface area (Å²) in [6.45, 7) is 7.67. The maximum absolute atomic E-state index is 14.4. The Balaban J connectivity index is 2.13. The molecular weight excluding hydrogens is 242 g/mol. The number of allylic oxidation sites excluding steroid dienone is 1. The van der Waals surface area contributed by atoms with E-state index in [9.17, 15) is 4.39 Å². The minimum atomic E-state index is -0.903. The molecule has 0 aromatic rings. The molecule has 1 heterocycles. The van der Waals surface area contributed by atoms with E-state index < -0.39 is 18.3 Å². The number of rotatable bonds is 3. The van der Waals surface area contributed by atoms with Crippen molar-refractivity contribution in [2.75, 3.05) is 0 Å². The highest BCUT2D eigenvalue weighted by molar-refractivity contribution is 6.53. The molecule has 0 bridgehead atoms. The largest absolute Gasteiger partial charge is 0.524 e. The predicted molar refractivity (Wildman–Crippen MR) is 75.0 cm³/mol. The number of hydrogen-bond acceptors (Lipinski definition) is 2. The molecule has 0 atom stereocenters. The SMILES string of the molecule is C#CCC1(C=C(F)B2OC(C)(C)C(C)(C)O2)CCC1. The lowest BCUT2D eigenvalue weighted by atomic mass is 9.65. The second-order valence-corrected chi connectivity index (χ2v) is 6.71. The van der Waals surface area contributed by atoms with E-state index in [4.69, 9.17) is 15.7 Å². The van der Waals surface area contributed by atoms with Crippen molar-refractivity contribution in [1.29, 1.82) is 0 Å². The molecule has 2 rings (SSSR count). The molecule has 0 unspecified atom stereocenters. The van der Waals surface area contributed by atoms with Crippen LogP contribution in [0.3, 0.4) is 0 Å². The maximum atomic E-state index is 14.4. The third-order valence-corrected chi connectivity index (χ3v) is 4.73. The van der Waals surface area contributed by atoms with Crippen LogP contribution in [0.4, 0.5) is 4.39 Å². The van der Waals surface area contributed by atoms with E-state index in [2.05, 4.69) is 5.92 Å². The van der Waals surface area contributed by atoms with Crippen molar-refractivity contribution >= 4 is 7.12 Å². The molecule has 2 fully saturated rings. The van der Waals surface area contributed by atoms with Crippen LogP contribution in [-0.4, -0.2) is 18.3 Å². The van der Waals surface area contributed by atoms with Crippen molar-refractivity contribution < 1.29 is 13.7 Å². The van der Waals surface area contributed by atoms with Crippen LogP contribution >= 0.6 is 0 Å². The van der Waals surface area contributed by atoms with Crippen LogP contribution in [0.5, 0.6) is 0 Å². The molecule has 2 aliphatic rings. The third kappa shape index (κ3) is 2.59. The molecule has 1 aliphatic heterocycles. The Morgan fingerprint density at radius 1 is 1.26 bits per heavy atom. The van der Waals surface area contributed by atoms with Crippen molar-refractivity contribution in [2.24, 2.45) is 5.41 Å². The normalized spacial score (nSPS) is 27.8. The minimum Gasteiger partial charge on any atom is -0.398 e. The van der Waals surface area contributed by atoms with Crippen molar-refractivity contribution in [2.45, 2.75) is 64.6 Å². The van der Waals surface area contributed by atoms with Gasteiger partial charge in [0.05, 0.1) is 11.2 Å². The topological polar surface area (TPSA) is 18.5 Å². The molecule has 1 saturated carbocycles. The van der Waals surface area contributed by atoms with Gasteiger partial charge in [-0.25, -0.2) is 4.39 Å². The number of terminal acetylenes is 1. The first-order valence-electron chi connectivity index (χ1n) is 6.89. The molecule has 19 heavy (non-hydrogen) atoms. The molecular formula is C15H22BFO2. The van der Waals surface area contributed by atoms with Gasteiger partial charge in [0.1, 0.15) is 5.73 Å². The molecule has 0 radical (unpaired) electrons. The fourth-order valence-electron chi connectivity index (χ4n) is 2.52. The summed E-state index contributed by atoms with van der Waals surface area (Å²) in [5, 5.41) is 0. The van der Waals surface area contributed by atoms with E-state index in [0.29, 0.717) is 6.42 Å². The minimum absolute atomic E-state index is 0.178. The molecule has 0 aromatic heterocycles. The summed E-state index contributed by atoms with van der Waals surface area (Å²) in [5.74, 6) is 2.65. The Bertz CT molecular complexity index is 414. The second kappa shape index (κ2) is 4.65. The van der Waals surface area contributed by atoms with Gasteiger partial charge in [-0.2, -0.15) is 0 Å². The van der Waals surface area contributed by atoms with E-state index in [1.165, 1.54) is 0 Å². The molecule has 0 aromatic carbocycles. The van der Waals surface area contributed by atoms with Gasteiger partial charge in [0, 0.05) is 11.8 Å². The molecule has 104 valence electrons. The second-order valence-electron chi connectivity index (χ2n) is 6.71. The Morgan fingerprint density at radius 2 is 1.79 bits per heavy atom. The van der Waals surface area contributed by atoms with Gasteiger partial charge in [-0.05, 0) is 46.6 Å². The zero-order chi connectivity index (χ0) is 14.3. The Morgan fingerprint density at radius 3 is 2.16 bits per heavy atom. The summed E-state index contributed by atoms with van der Waals surface area (Å²) < 4.78 is 25.8. The maximum Gasteiger partial charge on any atom is 0.524 e. The van der Waals surface area contributed by atoms with Crippen LogP contribution in [0.1, 0.15) is 53.4 Å². The molecule has 0 spiro atoms. The van der Waals surface area contributed by atoms with Crippen LogP contribution in [-0.2, 0) is 9.31 Å². The van der Waals surface area contributed by atoms with Gasteiger partial charge in [0.25, 0.3) is 0 Å². The fraction of sp³-hybridized carbons (Fsp3) is 0.733. The summed E-state index contributed by atoms with van der Waals surface area (Å²) in [7, 11) is -0.903. The van der Waals surface area contributed by atoms with Crippen molar-refractivity contribution in [3.63, 3.8) is 0 Å². The average Bonchev–Trinajstić information content (AvgIpc) is 2.45. The molecule has 1 aliphatic carbocycles. The van der Waals surface area contributed by atoms with E-state index in [1.54, 1.807) is 6.08 Å². The highest BCUT2D eigenvalue weighted by Gasteiger charge is 2.53. The lowest BCUT2D eigenvalue weighted by Gasteiger charge is -2.38. The fourth-order valence-corrected chi connectivity index (χ4v) is 2.52. The van der Waals surface area contributed by atoms with E-state index in [0.717, 1.165) is 19.3 Å². The van der Waals surface area contributed by atoms with Gasteiger partial charge in [-0.15, -0.1) is 12.3 Å². The smallest absolute Gasteiger partial charge is 0.398 e. The summed E-state index contributed by atoms with van der Waals surface area (Å²) in [4.78, 5) is 0. The van der Waals surface area contributed by atoms with E-state index >= 15 is 0 Å². The lowest BCUT2D eigenvalue weighted by Crippen LogP contribution is -2.41. The first kappa shape index (κ1) is 14.6. The third-order valence-electron chi connectivity index (χ3n) is 4.73. The van der Waals surface area contributed by atoms with Crippen molar-refractivity contribution in [3.05, 3.63) is 11.8 Å². The molecule has 0 amide bonds. The van der Waals surface area contributed by atoms with Crippen LogP contribution in [0.25, 0.3) is 0 Å². The Labute approximate surface area is 115 Å². The van der Waals surface area contributed by atoms with Crippen molar-refractivity contribution in [1.82, 2.24) is 0 Å². The van der Waals surface area contributed by atoms with Crippen molar-refractivity contribution in [3.8, 4) is 12.3 Å². The summed E-state index contributed by atoms with van der Waals surface area (Å²) >= 11 is 0. The van der Waals surface area contributed by atoms with Crippen LogP contribution < -0.4 is 0 Å². The van der Waals surface area contributed by atoms with Gasteiger partial charge >= 0.3 is 7.12 Å². The van der Waals surface area contributed by atoms with Gasteiger partial charge in [-0.3, -0.25) is 0 Å². The Kier molecular flexibility index (Phi) is 3.57. The zero-order valence-electron chi connectivity index (χ0n) is 12.3. The van der Waals surface area contributed by atoms with Crippen LogP contribution in [0, 0.1) is 17.8 Å². The standard InChI is InChI=1S/C15H22BFO2/c1-6-8-15(9-7-10-15)11-12(17)16-18-13(2,3)14(4,5)19-16/h1,11H,7-10H2,2-5H3. The average molecular weight is 264 g/mol. The zero-order valence-corrected chi connectivity index (χ0v) is 12.3. The summed E-state index contributed by atoms with van der Waals surface area (Å²) in [6, 6.07) is 0. The highest BCUT2D eigenvalue weighted by Crippen LogP contribution is 2.47. The van der Waals surface area contributed by atoms with Crippen LogP contribution in [0.15, 0.2) is 11.8 Å². The summed E-state index contributed by atoms with van der Waals surface area (Å²) in [6.07, 6.45) is 10.6. The lowest BCUT2D eigenvalue weighted by molar-refractivity contribution is 0.00578. The van der Waals surface area contributed by atoms with Gasteiger partial charge in [0.2, 0.25) is 0 Å². The molecule has 4 heteroatoms. The molecule has 2 nitrogen and oxygen atoms in total. The van der Waals surface area contributed by atoms with Crippen LogP contribution in [0.2, 0.25) is 0 Å². The molecule has 1 saturated heterocycles. The first-order valence-corrected chi connectivity index (χ1v) is 6.89. The number of hydrogen-bond donors (Lipinski definition) is 0. The first-order chi connectivity index (χ1) is 8.71. The van der Waals surface area contributed by atoms with Gasteiger partial charge in [-0.1, -0.05) is 6.42 Å². The predicted octanol–water partition coefficient (Wildman–Crippen LogP) is 3.66. The molecule has 0 N–H and O–H groups in total. The summed E-state index contributed by atoms with van der Waals surface area (Å²) in [5.41, 5.74) is -1.54. The van der Waals surface area contributed by atoms with Gasteiger partial charge in [0.15, 0.2) is 0 Å². The monoisotopic (exact) mass is 264 g/mol. The van der Waals surface area contributed by atoms with E-state index in [1.807, 2.05) is 27.7 Å². The van der Waals surface area contributed by atoms with E-state index in [-0.39, 0.29) is 11.1 Å².